The molecule has 0 fully saturated rings. The normalized spacial score (nSPS) is 10.7. The highest BCUT2D eigenvalue weighted by molar-refractivity contribution is 9.10. The molecule has 0 saturated heterocycles. The molecule has 0 amide bonds. The summed E-state index contributed by atoms with van der Waals surface area (Å²) in [4.78, 5) is 0. The smallest absolute Gasteiger partial charge is 0.191 e. The van der Waals surface area contributed by atoms with Gasteiger partial charge in [-0.15, -0.1) is 10.2 Å². The lowest BCUT2D eigenvalue weighted by molar-refractivity contribution is 0.290. The maximum atomic E-state index is 6.09. The summed E-state index contributed by atoms with van der Waals surface area (Å²) in [6, 6.07) is 15.1. The van der Waals surface area contributed by atoms with Crippen LogP contribution in [-0.4, -0.2) is 27.1 Å². The molecule has 0 spiro atoms. The summed E-state index contributed by atoms with van der Waals surface area (Å²) in [5.41, 5.74) is 0. The number of thioether (sulfide) groups is 1. The van der Waals surface area contributed by atoms with Crippen molar-refractivity contribution in [2.24, 2.45) is 7.05 Å². The van der Waals surface area contributed by atoms with E-state index in [1.165, 1.54) is 0 Å². The molecular weight excluding hydrogens is 438 g/mol. The Morgan fingerprint density at radius 2 is 1.85 bits per heavy atom. The molecule has 3 aromatic rings. The number of rotatable bonds is 8. The molecule has 0 bridgehead atoms. The number of halogens is 2. The van der Waals surface area contributed by atoms with Gasteiger partial charge in [0.1, 0.15) is 18.1 Å². The monoisotopic (exact) mass is 453 g/mol. The Balaban J connectivity index is 1.47. The van der Waals surface area contributed by atoms with Crippen LogP contribution in [0.25, 0.3) is 0 Å². The Kier molecular flexibility index (Phi) is 6.82. The molecule has 0 aliphatic heterocycles. The van der Waals surface area contributed by atoms with Crippen LogP contribution < -0.4 is 9.47 Å². The molecular formula is C18H17BrClN3O2S. The fraction of sp³-hybridized carbons (Fsp3) is 0.222. The van der Waals surface area contributed by atoms with E-state index in [1.54, 1.807) is 17.8 Å². The Bertz CT molecular complexity index is 858. The van der Waals surface area contributed by atoms with Gasteiger partial charge < -0.3 is 14.0 Å². The molecule has 1 aromatic heterocycles. The zero-order chi connectivity index (χ0) is 18.4. The van der Waals surface area contributed by atoms with Crippen LogP contribution >= 0.6 is 39.3 Å². The summed E-state index contributed by atoms with van der Waals surface area (Å²) in [6.45, 7) is 0.897. The van der Waals surface area contributed by atoms with Crippen LogP contribution in [0.3, 0.4) is 0 Å². The van der Waals surface area contributed by atoms with E-state index in [-0.39, 0.29) is 0 Å². The number of para-hydroxylation sites is 1. The molecule has 0 aliphatic carbocycles. The van der Waals surface area contributed by atoms with Gasteiger partial charge in [-0.3, -0.25) is 0 Å². The van der Waals surface area contributed by atoms with Crippen molar-refractivity contribution < 1.29 is 9.47 Å². The number of ether oxygens (including phenoxy) is 2. The first-order valence-corrected chi connectivity index (χ1v) is 10.1. The van der Waals surface area contributed by atoms with Crippen molar-refractivity contribution in [2.45, 2.75) is 11.8 Å². The molecule has 26 heavy (non-hydrogen) atoms. The van der Waals surface area contributed by atoms with Crippen LogP contribution in [0.1, 0.15) is 5.82 Å². The maximum absolute atomic E-state index is 6.09. The first-order chi connectivity index (χ1) is 12.6. The van der Waals surface area contributed by atoms with E-state index in [9.17, 15) is 0 Å². The summed E-state index contributed by atoms with van der Waals surface area (Å²) in [7, 11) is 1.92. The van der Waals surface area contributed by atoms with E-state index in [4.69, 9.17) is 21.1 Å². The lowest BCUT2D eigenvalue weighted by Crippen LogP contribution is -2.05. The van der Waals surface area contributed by atoms with Gasteiger partial charge in [-0.25, -0.2) is 0 Å². The standard InChI is InChI=1S/C18H17BrClN3O2S/c1-23-17(12-25-16-5-3-2-4-15(16)20)21-22-18(23)26-11-10-24-14-8-6-13(19)7-9-14/h2-9H,10-12H2,1H3. The zero-order valence-corrected chi connectivity index (χ0v) is 17.2. The van der Waals surface area contributed by atoms with E-state index in [0.29, 0.717) is 24.0 Å². The third-order valence-corrected chi connectivity index (χ3v) is 5.34. The van der Waals surface area contributed by atoms with E-state index in [1.807, 2.05) is 54.1 Å². The SMILES string of the molecule is Cn1c(COc2ccccc2Cl)nnc1SCCOc1ccc(Br)cc1. The van der Waals surface area contributed by atoms with E-state index in [0.717, 1.165) is 27.0 Å². The molecule has 2 aromatic carbocycles. The molecule has 0 saturated carbocycles. The zero-order valence-electron chi connectivity index (χ0n) is 14.1. The van der Waals surface area contributed by atoms with E-state index < -0.39 is 0 Å². The summed E-state index contributed by atoms with van der Waals surface area (Å²) in [5, 5.41) is 9.79. The Labute approximate surface area is 169 Å². The van der Waals surface area contributed by atoms with Crippen molar-refractivity contribution >= 4 is 39.3 Å². The van der Waals surface area contributed by atoms with Crippen molar-refractivity contribution in [3.05, 3.63) is 63.9 Å². The van der Waals surface area contributed by atoms with Crippen molar-refractivity contribution in [3.63, 3.8) is 0 Å². The van der Waals surface area contributed by atoms with Gasteiger partial charge in [-0.1, -0.05) is 51.4 Å². The molecule has 0 radical (unpaired) electrons. The van der Waals surface area contributed by atoms with Gasteiger partial charge in [0.25, 0.3) is 0 Å². The second-order valence-electron chi connectivity index (χ2n) is 5.33. The van der Waals surface area contributed by atoms with Gasteiger partial charge >= 0.3 is 0 Å². The molecule has 0 aliphatic rings. The Morgan fingerprint density at radius 3 is 2.62 bits per heavy atom. The molecule has 1 heterocycles. The van der Waals surface area contributed by atoms with Crippen LogP contribution in [0.2, 0.25) is 5.02 Å². The number of nitrogens with zero attached hydrogens (tertiary/aromatic N) is 3. The molecule has 0 N–H and O–H groups in total. The van der Waals surface area contributed by atoms with Crippen LogP contribution in [0, 0.1) is 0 Å². The largest absolute Gasteiger partial charge is 0.493 e. The van der Waals surface area contributed by atoms with Gasteiger partial charge in [0.05, 0.1) is 11.6 Å². The average Bonchev–Trinajstić information content (AvgIpc) is 2.99. The minimum Gasteiger partial charge on any atom is -0.493 e. The highest BCUT2D eigenvalue weighted by atomic mass is 79.9. The van der Waals surface area contributed by atoms with Crippen molar-refractivity contribution in [2.75, 3.05) is 12.4 Å². The summed E-state index contributed by atoms with van der Waals surface area (Å²) >= 11 is 11.1. The lowest BCUT2D eigenvalue weighted by atomic mass is 10.3. The van der Waals surface area contributed by atoms with Gasteiger partial charge in [-0.05, 0) is 36.4 Å². The van der Waals surface area contributed by atoms with Gasteiger partial charge in [0.2, 0.25) is 0 Å². The van der Waals surface area contributed by atoms with Crippen molar-refractivity contribution in [3.8, 4) is 11.5 Å². The number of hydrogen-bond acceptors (Lipinski definition) is 5. The van der Waals surface area contributed by atoms with Crippen LogP contribution in [0.15, 0.2) is 58.2 Å². The summed E-state index contributed by atoms with van der Waals surface area (Å²) in [5.74, 6) is 2.99. The van der Waals surface area contributed by atoms with Crippen LogP contribution in [0.5, 0.6) is 11.5 Å². The first kappa shape index (κ1) is 19.1. The fourth-order valence-corrected chi connectivity index (χ4v) is 3.33. The van der Waals surface area contributed by atoms with Crippen LogP contribution in [-0.2, 0) is 13.7 Å². The summed E-state index contributed by atoms with van der Waals surface area (Å²) < 4.78 is 14.4. The number of hydrogen-bond donors (Lipinski definition) is 0. The van der Waals surface area contributed by atoms with Crippen molar-refractivity contribution in [1.29, 1.82) is 0 Å². The highest BCUT2D eigenvalue weighted by Gasteiger charge is 2.10. The van der Waals surface area contributed by atoms with Gasteiger partial charge in [0.15, 0.2) is 11.0 Å². The predicted octanol–water partition coefficient (Wildman–Crippen LogP) is 4.98. The predicted molar refractivity (Wildman–Crippen MR) is 107 cm³/mol. The second-order valence-corrected chi connectivity index (χ2v) is 7.71. The van der Waals surface area contributed by atoms with Crippen LogP contribution in [0.4, 0.5) is 0 Å². The van der Waals surface area contributed by atoms with E-state index in [2.05, 4.69) is 26.1 Å². The van der Waals surface area contributed by atoms with Crippen molar-refractivity contribution in [1.82, 2.24) is 14.8 Å². The molecule has 3 rings (SSSR count). The van der Waals surface area contributed by atoms with E-state index >= 15 is 0 Å². The third kappa shape index (κ3) is 5.16. The number of aromatic nitrogens is 3. The molecule has 5 nitrogen and oxygen atoms in total. The third-order valence-electron chi connectivity index (χ3n) is 3.52. The lowest BCUT2D eigenvalue weighted by Gasteiger charge is -2.08. The minimum atomic E-state index is 0.309. The Morgan fingerprint density at radius 1 is 1.08 bits per heavy atom. The topological polar surface area (TPSA) is 49.2 Å². The fourth-order valence-electron chi connectivity index (χ4n) is 2.12. The second kappa shape index (κ2) is 9.30. The first-order valence-electron chi connectivity index (χ1n) is 7.90. The Hall–Kier alpha value is -1.70. The quantitative estimate of drug-likeness (QED) is 0.355. The minimum absolute atomic E-state index is 0.309. The summed E-state index contributed by atoms with van der Waals surface area (Å²) in [6.07, 6.45) is 0. The number of benzene rings is 2. The highest BCUT2D eigenvalue weighted by Crippen LogP contribution is 2.24. The molecule has 136 valence electrons. The molecule has 0 atom stereocenters. The molecule has 0 unspecified atom stereocenters. The molecule has 8 heteroatoms. The van der Waals surface area contributed by atoms with Gasteiger partial charge in [-0.2, -0.15) is 0 Å². The van der Waals surface area contributed by atoms with Gasteiger partial charge in [0, 0.05) is 17.3 Å². The maximum Gasteiger partial charge on any atom is 0.191 e. The average molecular weight is 455 g/mol.